The minimum Gasteiger partial charge on any atom is -0.463 e. The lowest BCUT2D eigenvalue weighted by atomic mass is 9.82. The van der Waals surface area contributed by atoms with Crippen molar-refractivity contribution in [2.45, 2.75) is 115 Å². The predicted octanol–water partition coefficient (Wildman–Crippen LogP) is 1.30. The van der Waals surface area contributed by atoms with Crippen LogP contribution in [0.1, 0.15) is 65.4 Å². The van der Waals surface area contributed by atoms with Gasteiger partial charge in [-0.3, -0.25) is 24.0 Å². The maximum absolute atomic E-state index is 12.7. The van der Waals surface area contributed by atoms with Crippen molar-refractivity contribution < 1.29 is 80.6 Å². The molecule has 3 rings (SSSR count). The fourth-order valence-corrected chi connectivity index (χ4v) is 7.44. The molecule has 58 heavy (non-hydrogen) atoms. The Morgan fingerprint density at radius 3 is 2.14 bits per heavy atom. The van der Waals surface area contributed by atoms with Crippen molar-refractivity contribution >= 4 is 62.2 Å². The number of carbonyl (C=O) groups excluding carboxylic acids is 6. The average molecular weight is 861 g/mol. The van der Waals surface area contributed by atoms with E-state index in [1.165, 1.54) is 21.0 Å². The molecule has 0 radical (unpaired) electrons. The van der Waals surface area contributed by atoms with E-state index in [-0.39, 0.29) is 50.7 Å². The molecule has 2 fully saturated rings. The minimum atomic E-state index is -3.62. The summed E-state index contributed by atoms with van der Waals surface area (Å²) in [5.41, 5.74) is 0.791. The number of ether oxygens (including phenoxy) is 8. The van der Waals surface area contributed by atoms with Crippen molar-refractivity contribution in [2.75, 3.05) is 33.5 Å². The molecule has 1 aromatic rings. The van der Waals surface area contributed by atoms with E-state index in [1.54, 1.807) is 0 Å². The van der Waals surface area contributed by atoms with Crippen LogP contribution in [0.4, 0.5) is 4.79 Å². The number of hydrogen-bond acceptors (Lipinski definition) is 17. The summed E-state index contributed by atoms with van der Waals surface area (Å²) in [6.45, 7) is 0.948. The van der Waals surface area contributed by atoms with Gasteiger partial charge >= 0.3 is 30.8 Å². The Balaban J connectivity index is 1.48. The average Bonchev–Trinajstić information content (AvgIpc) is 3.44. The Labute approximate surface area is 343 Å². The largest absolute Gasteiger partial charge is 0.508 e. The number of esters is 3. The highest BCUT2D eigenvalue weighted by molar-refractivity contribution is 8.07. The fraction of sp³-hybridized carbons (Fsp3) is 0.667. The normalized spacial score (nSPS) is 26.3. The Kier molecular flexibility index (Phi) is 20.5. The summed E-state index contributed by atoms with van der Waals surface area (Å²) in [6, 6.07) is 7.64. The molecule has 2 unspecified atom stereocenters. The second-order valence-electron chi connectivity index (χ2n) is 13.6. The molecule has 2 saturated heterocycles. The van der Waals surface area contributed by atoms with E-state index in [1.807, 2.05) is 38.2 Å². The predicted molar refractivity (Wildman–Crippen MR) is 208 cm³/mol. The van der Waals surface area contributed by atoms with Crippen LogP contribution in [0.5, 0.6) is 0 Å². The summed E-state index contributed by atoms with van der Waals surface area (Å²) in [5.74, 6) is -3.07. The first-order valence-electron chi connectivity index (χ1n) is 18.8. The van der Waals surface area contributed by atoms with Gasteiger partial charge in [0, 0.05) is 66.3 Å². The number of rotatable bonds is 22. The lowest BCUT2D eigenvalue weighted by Gasteiger charge is -2.44. The molecule has 324 valence electrons. The number of nitrogens with one attached hydrogen (secondary N) is 2. The molecule has 0 aromatic heterocycles. The third kappa shape index (κ3) is 16.9. The summed E-state index contributed by atoms with van der Waals surface area (Å²) in [4.78, 5) is 83.1. The number of carbonyl (C=O) groups is 6. The van der Waals surface area contributed by atoms with Gasteiger partial charge in [-0.1, -0.05) is 30.3 Å². The van der Waals surface area contributed by atoms with E-state index in [0.29, 0.717) is 32.2 Å². The molecule has 19 nitrogen and oxygen atoms in total. The zero-order valence-electron chi connectivity index (χ0n) is 33.5. The Morgan fingerprint density at radius 2 is 1.50 bits per heavy atom. The van der Waals surface area contributed by atoms with Crippen LogP contribution < -0.4 is 10.6 Å². The SMILES string of the molecule is B[C@@H]1O[C@H](COC(=O)OCc2ccccc2)[C@H](OP(O)(=S)OC)C1CCCNC(=O)CCCCO[C@@H]1O[C@H](COC(C)=O)[C@H](OC(C)=O)[C@H](OC(C)=O)[C@H]1NC(C)=O. The van der Waals surface area contributed by atoms with Crippen LogP contribution in [0.15, 0.2) is 30.3 Å². The van der Waals surface area contributed by atoms with Crippen LogP contribution >= 0.6 is 6.72 Å². The van der Waals surface area contributed by atoms with Crippen molar-refractivity contribution in [3.05, 3.63) is 35.9 Å². The second-order valence-corrected chi connectivity index (χ2v) is 16.5. The summed E-state index contributed by atoms with van der Waals surface area (Å²) >= 11 is 5.10. The molecular formula is C36H54BN2O17PS. The lowest BCUT2D eigenvalue weighted by Crippen LogP contribution is -2.66. The molecule has 1 aromatic carbocycles. The fourth-order valence-electron chi connectivity index (χ4n) is 6.46. The summed E-state index contributed by atoms with van der Waals surface area (Å²) < 4.78 is 55.2. The first-order valence-corrected chi connectivity index (χ1v) is 21.4. The maximum Gasteiger partial charge on any atom is 0.508 e. The topological polar surface area (TPSA) is 239 Å². The summed E-state index contributed by atoms with van der Waals surface area (Å²) in [6.07, 6.45) is -5.20. The van der Waals surface area contributed by atoms with E-state index in [0.717, 1.165) is 19.4 Å². The number of unbranched alkanes of at least 4 members (excludes halogenated alkanes) is 1. The Hall–Kier alpha value is -3.69. The van der Waals surface area contributed by atoms with Crippen LogP contribution in [0, 0.1) is 5.92 Å². The monoisotopic (exact) mass is 860 g/mol. The van der Waals surface area contributed by atoms with Gasteiger partial charge in [-0.15, -0.1) is 0 Å². The zero-order chi connectivity index (χ0) is 42.8. The van der Waals surface area contributed by atoms with E-state index >= 15 is 0 Å². The van der Waals surface area contributed by atoms with Gasteiger partial charge in [0.05, 0.1) is 0 Å². The van der Waals surface area contributed by atoms with Crippen LogP contribution in [0.3, 0.4) is 0 Å². The Morgan fingerprint density at radius 1 is 0.845 bits per heavy atom. The van der Waals surface area contributed by atoms with Crippen LogP contribution in [-0.2, 0) is 89.3 Å². The van der Waals surface area contributed by atoms with E-state index in [2.05, 4.69) is 10.6 Å². The number of benzene rings is 1. The molecule has 3 N–H and O–H groups in total. The highest BCUT2D eigenvalue weighted by atomic mass is 32.5. The van der Waals surface area contributed by atoms with Gasteiger partial charge in [0.25, 0.3) is 0 Å². The zero-order valence-corrected chi connectivity index (χ0v) is 35.2. The first kappa shape index (κ1) is 48.7. The van der Waals surface area contributed by atoms with Gasteiger partial charge in [-0.2, -0.15) is 0 Å². The molecule has 2 aliphatic heterocycles. The highest BCUT2D eigenvalue weighted by Gasteiger charge is 2.51. The van der Waals surface area contributed by atoms with Gasteiger partial charge < -0.3 is 62.5 Å². The summed E-state index contributed by atoms with van der Waals surface area (Å²) in [7, 11) is 3.07. The molecule has 2 heterocycles. The van der Waals surface area contributed by atoms with E-state index < -0.39 is 79.5 Å². The molecule has 10 atom stereocenters. The third-order valence-electron chi connectivity index (χ3n) is 9.02. The smallest absolute Gasteiger partial charge is 0.463 e. The molecule has 2 aliphatic rings. The second kappa shape index (κ2) is 24.4. The molecular weight excluding hydrogens is 806 g/mol. The molecule has 0 bridgehead atoms. The van der Waals surface area contributed by atoms with Crippen LogP contribution in [0.2, 0.25) is 0 Å². The number of amides is 2. The molecule has 0 spiro atoms. The van der Waals surface area contributed by atoms with Crippen molar-refractivity contribution in [3.63, 3.8) is 0 Å². The maximum atomic E-state index is 12.7. The standard InChI is InChI=1S/C36H54BN2O17PS/c1-21(40)39-30-33(53-24(4)43)32(52-23(3)42)28(19-49-22(2)41)55-35(30)48-17-10-9-15-29(44)38-16-11-14-26-31(56-57(46,58)47-5)27(54-34(26)37)20-51-36(45)50-18-25-12-7-6-8-13-25/h6-8,12-13,26-28,30-35H,9-11,14-20,37H2,1-5H3,(H,38,44)(H,39,40)(H,46,58)/t26?,27-,28-,30-,31-,32+,33-,34-,35-,57?/m1/s1. The van der Waals surface area contributed by atoms with Gasteiger partial charge in [0.1, 0.15) is 52.0 Å². The molecule has 0 aliphatic carbocycles. The van der Waals surface area contributed by atoms with Crippen LogP contribution in [-0.4, -0.2) is 131 Å². The minimum absolute atomic E-state index is 0.0289. The Bertz CT molecular complexity index is 1580. The van der Waals surface area contributed by atoms with E-state index in [4.69, 9.17) is 58.7 Å². The van der Waals surface area contributed by atoms with Crippen molar-refractivity contribution in [3.8, 4) is 0 Å². The first-order chi connectivity index (χ1) is 27.5. The van der Waals surface area contributed by atoms with Gasteiger partial charge in [-0.05, 0) is 43.1 Å². The third-order valence-corrected chi connectivity index (χ3v) is 10.7. The number of hydrogen-bond donors (Lipinski definition) is 3. The van der Waals surface area contributed by atoms with Crippen molar-refractivity contribution in [2.24, 2.45) is 5.92 Å². The molecule has 22 heteroatoms. The van der Waals surface area contributed by atoms with Gasteiger partial charge in [0.15, 0.2) is 18.5 Å². The van der Waals surface area contributed by atoms with Crippen molar-refractivity contribution in [1.82, 2.24) is 10.6 Å². The highest BCUT2D eigenvalue weighted by Crippen LogP contribution is 2.48. The lowest BCUT2D eigenvalue weighted by molar-refractivity contribution is -0.277. The quantitative estimate of drug-likeness (QED) is 0.0490. The van der Waals surface area contributed by atoms with E-state index in [9.17, 15) is 33.7 Å². The van der Waals surface area contributed by atoms with Gasteiger partial charge in [0.2, 0.25) is 11.8 Å². The molecule has 0 saturated carbocycles. The van der Waals surface area contributed by atoms with Crippen LogP contribution in [0.25, 0.3) is 0 Å². The summed E-state index contributed by atoms with van der Waals surface area (Å²) in [5, 5.41) is 5.51. The molecule has 2 amide bonds. The van der Waals surface area contributed by atoms with Gasteiger partial charge in [-0.25, -0.2) is 4.79 Å². The van der Waals surface area contributed by atoms with Crippen molar-refractivity contribution in [1.29, 1.82) is 0 Å².